The molecule has 0 saturated heterocycles. The normalized spacial score (nSPS) is 14.0. The maximum atomic E-state index is 15.7. The minimum atomic E-state index is -0.147. The van der Waals surface area contributed by atoms with Gasteiger partial charge in [-0.15, -0.1) is 90.7 Å². The van der Waals surface area contributed by atoms with E-state index in [-0.39, 0.29) is 23.6 Å². The number of aryl methyl sites for hydroxylation is 6. The Balaban J connectivity index is 0.000000268. The van der Waals surface area contributed by atoms with Crippen molar-refractivity contribution in [2.45, 2.75) is 346 Å². The standard InChI is InChI=1S/C86H114N2O2S4.C38H41NO3S4/c1-9-15-21-27-29-35-41-65(39-33-25-19-13-5)59-87-62(8)80-81(86(87)90)82(88(85(80)89)60-66(40-34-26-20-14-6)42-36-30-28-22-16-10-2)77-54-53-76(92-77)79-58-74-70(68-50-46-64(47-51-68)38-32-24-18-12-4)56-71-72(84(74)94-79)55-69(67-48-44-63(45-49-67)37-31-23-17-11-3)73-57-78(93-83(71)73)75-52-43-61(7)91-75;1-5-7-10-26(6-2)23-42-28-15-13-27(14-16-28)11-8-9-22-39-37(40)34-25(4)44-36(35(34)38(39)41)33-21-20-32(46-33)31-19-18-30(45-31)29-17-12-24(3)43-29/h43-58,65-66H,9-42,59-60H2,1-8H3;12-21,26H,5-11,22-23H2,1-4H3. The molecule has 3 unspecified atom stereocenters. The number of thiophene rings is 8. The smallest absolute Gasteiger partial charge is 0.263 e. The largest absolute Gasteiger partial charge is 0.493 e. The number of allylic oxidation sites excluding steroid dienone is 1. The van der Waals surface area contributed by atoms with E-state index < -0.39 is 0 Å². The number of ether oxygens (including phenoxy) is 1. The van der Waals surface area contributed by atoms with Crippen molar-refractivity contribution < 1.29 is 23.9 Å². The maximum Gasteiger partial charge on any atom is 0.263 e. The Labute approximate surface area is 871 Å². The average Bonchev–Trinajstić information content (AvgIpc) is 1.55. The summed E-state index contributed by atoms with van der Waals surface area (Å²) in [5, 5.41) is 5.22. The van der Waals surface area contributed by atoms with Crippen molar-refractivity contribution in [3.8, 4) is 76.8 Å². The quantitative estimate of drug-likeness (QED) is 0.0280. The van der Waals surface area contributed by atoms with Crippen LogP contribution in [0.2, 0.25) is 0 Å². The molecule has 11 heterocycles. The fourth-order valence-electron chi connectivity index (χ4n) is 21.2. The van der Waals surface area contributed by atoms with E-state index in [4.69, 9.17) is 4.74 Å². The molecule has 140 heavy (non-hydrogen) atoms. The number of nitrogens with zero attached hydrogens (tertiary/aromatic N) is 3. The van der Waals surface area contributed by atoms with E-state index >= 15 is 9.59 Å². The zero-order valence-electron chi connectivity index (χ0n) is 86.2. The van der Waals surface area contributed by atoms with Gasteiger partial charge in [0.05, 0.1) is 44.3 Å². The van der Waals surface area contributed by atoms with Crippen molar-refractivity contribution >= 4 is 151 Å². The Morgan fingerprint density at radius 3 is 1.14 bits per heavy atom. The van der Waals surface area contributed by atoms with E-state index in [1.165, 1.54) is 323 Å². The minimum Gasteiger partial charge on any atom is -0.493 e. The van der Waals surface area contributed by atoms with Crippen molar-refractivity contribution in [1.29, 1.82) is 0 Å². The van der Waals surface area contributed by atoms with Crippen LogP contribution < -0.4 is 4.74 Å². The lowest BCUT2D eigenvalue weighted by molar-refractivity contribution is -0.125. The Hall–Kier alpha value is -8.16. The zero-order valence-corrected chi connectivity index (χ0v) is 92.7. The molecular weight excluding hydrogens is 1870 g/mol. The third-order valence-electron chi connectivity index (χ3n) is 29.5. The maximum absolute atomic E-state index is 15.7. The van der Waals surface area contributed by atoms with Gasteiger partial charge in [-0.3, -0.25) is 24.1 Å². The van der Waals surface area contributed by atoms with Gasteiger partial charge in [-0.2, -0.15) is 0 Å². The monoisotopic (exact) mass is 2020 g/mol. The van der Waals surface area contributed by atoms with Gasteiger partial charge in [-0.05, 0) is 259 Å². The van der Waals surface area contributed by atoms with E-state index in [1.807, 2.05) is 52.3 Å². The van der Waals surface area contributed by atoms with E-state index in [0.29, 0.717) is 59.7 Å². The third kappa shape index (κ3) is 26.6. The van der Waals surface area contributed by atoms with Crippen LogP contribution in [0.5, 0.6) is 5.75 Å². The highest BCUT2D eigenvalue weighted by Crippen LogP contribution is 2.55. The van der Waals surface area contributed by atoms with E-state index in [1.54, 1.807) is 45.3 Å². The van der Waals surface area contributed by atoms with Crippen LogP contribution in [0, 0.1) is 38.5 Å². The summed E-state index contributed by atoms with van der Waals surface area (Å²) in [6, 6.07) is 59.7. The fraction of sp³-hybridized carbons (Fsp3) is 0.484. The highest BCUT2D eigenvalue weighted by Gasteiger charge is 2.49. The van der Waals surface area contributed by atoms with Crippen LogP contribution in [0.1, 0.15) is 363 Å². The van der Waals surface area contributed by atoms with Gasteiger partial charge in [-0.25, -0.2) is 0 Å². The lowest BCUT2D eigenvalue weighted by Gasteiger charge is -2.29. The van der Waals surface area contributed by atoms with Crippen molar-refractivity contribution in [1.82, 2.24) is 14.7 Å². The van der Waals surface area contributed by atoms with Gasteiger partial charge < -0.3 is 14.5 Å². The second-order valence-electron chi connectivity index (χ2n) is 40.4. The van der Waals surface area contributed by atoms with Crippen LogP contribution in [0.15, 0.2) is 175 Å². The van der Waals surface area contributed by atoms with Gasteiger partial charge in [0.25, 0.3) is 23.6 Å². The Morgan fingerprint density at radius 2 is 0.664 bits per heavy atom. The Bertz CT molecular complexity index is 6280. The molecule has 13 aromatic rings. The second-order valence-corrected chi connectivity index (χ2v) is 49.5. The third-order valence-corrected chi connectivity index (χ3v) is 39.2. The molecule has 3 aliphatic rings. The first-order valence-electron chi connectivity index (χ1n) is 54.3. The first-order valence-corrected chi connectivity index (χ1v) is 60.9. The van der Waals surface area contributed by atoms with Crippen molar-refractivity contribution in [2.24, 2.45) is 17.8 Å². The molecule has 4 amide bonds. The predicted octanol–water partition coefficient (Wildman–Crippen LogP) is 39.7. The number of benzene rings is 5. The summed E-state index contributed by atoms with van der Waals surface area (Å²) in [5.74, 6) is 2.14. The molecule has 744 valence electrons. The summed E-state index contributed by atoms with van der Waals surface area (Å²) in [4.78, 5) is 80.8. The molecule has 8 aromatic heterocycles. The number of carbonyl (C=O) groups excluding carboxylic acids is 4. The summed E-state index contributed by atoms with van der Waals surface area (Å²) < 4.78 is 8.72. The van der Waals surface area contributed by atoms with Crippen LogP contribution in [0.4, 0.5) is 0 Å². The van der Waals surface area contributed by atoms with E-state index in [9.17, 15) is 9.59 Å². The summed E-state index contributed by atoms with van der Waals surface area (Å²) in [5.41, 5.74) is 13.5. The van der Waals surface area contributed by atoms with Crippen LogP contribution in [-0.4, -0.2) is 64.6 Å². The molecule has 0 saturated carbocycles. The molecule has 0 radical (unpaired) electrons. The van der Waals surface area contributed by atoms with Crippen LogP contribution in [0.3, 0.4) is 0 Å². The fourth-order valence-corrected chi connectivity index (χ4v) is 30.0. The Kier molecular flexibility index (Phi) is 40.2. The lowest BCUT2D eigenvalue weighted by Crippen LogP contribution is -2.34. The van der Waals surface area contributed by atoms with Gasteiger partial charge in [0.1, 0.15) is 5.75 Å². The summed E-state index contributed by atoms with van der Waals surface area (Å²) in [6.07, 6.45) is 49.3. The molecule has 5 aromatic carbocycles. The van der Waals surface area contributed by atoms with Gasteiger partial charge >= 0.3 is 0 Å². The summed E-state index contributed by atoms with van der Waals surface area (Å²) in [7, 11) is 0. The molecule has 3 atom stereocenters. The number of carbonyl (C=O) groups is 4. The van der Waals surface area contributed by atoms with Gasteiger partial charge in [0.2, 0.25) is 0 Å². The number of unbranched alkanes of at least 4 members (excludes halogenated alkanes) is 24. The summed E-state index contributed by atoms with van der Waals surface area (Å²) in [6.45, 7) is 29.3. The molecule has 3 aliphatic heterocycles. The molecule has 8 nitrogen and oxygen atoms in total. The highest BCUT2D eigenvalue weighted by atomic mass is 32.1. The number of rotatable bonds is 58. The van der Waals surface area contributed by atoms with Crippen LogP contribution >= 0.6 is 90.7 Å². The number of hydrogen-bond acceptors (Lipinski definition) is 13. The lowest BCUT2D eigenvalue weighted by atomic mass is 9.92. The first-order chi connectivity index (χ1) is 68.4. The molecule has 0 aliphatic carbocycles. The van der Waals surface area contributed by atoms with Crippen LogP contribution in [0.25, 0.3) is 108 Å². The number of hydrogen-bond donors (Lipinski definition) is 0. The topological polar surface area (TPSA) is 87.2 Å². The molecular formula is C124H155N3O5S8. The average molecular weight is 2020 g/mol. The van der Waals surface area contributed by atoms with Crippen molar-refractivity contribution in [2.75, 3.05) is 26.2 Å². The second kappa shape index (κ2) is 53.1. The summed E-state index contributed by atoms with van der Waals surface area (Å²) >= 11 is 14.4. The molecule has 0 fully saturated rings. The molecule has 16 rings (SSSR count). The first kappa shape index (κ1) is 106. The number of amides is 4. The zero-order chi connectivity index (χ0) is 98.0. The molecule has 0 N–H and O–H groups in total. The Morgan fingerprint density at radius 1 is 0.293 bits per heavy atom. The SMILES string of the molecule is CCCCC(CC)COc1ccc(CCCCN2C(=O)c3c(C)sc(-c4ccc(-c5ccc(-c6ccc(C)s6)s5)s4)c3C2=O)cc1.CCCCCCCCC(CCCCCC)CN1C(=O)C2=C(c3ccc(-c4cc5c(-c6ccc(CCCCCC)cc6)cc6c(cc(-c7ccc(CCCCCC)cc7)c7cc(-c8ccc(C)s8)sc76)c5s4)s3)N(CC(CCCCCC)CCCCCCCC)C(=O)C2=C1C. The highest BCUT2D eigenvalue weighted by molar-refractivity contribution is 7.29. The predicted molar refractivity (Wildman–Crippen MR) is 613 cm³/mol. The van der Waals surface area contributed by atoms with E-state index in [0.717, 1.165) is 107 Å². The van der Waals surface area contributed by atoms with Crippen LogP contribution in [-0.2, 0) is 28.9 Å². The molecule has 0 bridgehead atoms. The number of imide groups is 1. The van der Waals surface area contributed by atoms with E-state index in [2.05, 4.69) is 244 Å². The van der Waals surface area contributed by atoms with Gasteiger partial charge in [0.15, 0.2) is 0 Å². The van der Waals surface area contributed by atoms with Crippen molar-refractivity contribution in [3.05, 3.63) is 222 Å². The van der Waals surface area contributed by atoms with Crippen molar-refractivity contribution in [3.63, 3.8) is 0 Å². The molecule has 16 heteroatoms. The molecule has 0 spiro atoms. The number of fused-ring (bicyclic) bond motifs is 7. The minimum absolute atomic E-state index is 0.0462. The van der Waals surface area contributed by atoms with Gasteiger partial charge in [0, 0.05) is 115 Å². The van der Waals surface area contributed by atoms with Gasteiger partial charge in [-0.1, -0.05) is 302 Å².